The van der Waals surface area contributed by atoms with Gasteiger partial charge in [0.2, 0.25) is 0 Å². The van der Waals surface area contributed by atoms with Crippen molar-refractivity contribution in [1.29, 1.82) is 0 Å². The highest BCUT2D eigenvalue weighted by molar-refractivity contribution is 7.90. The van der Waals surface area contributed by atoms with Crippen molar-refractivity contribution in [1.82, 2.24) is 8.87 Å². The molecular formula is C24H26N2O4S. The average Bonchev–Trinajstić information content (AvgIpc) is 3.00. The Labute approximate surface area is 182 Å². The molecule has 0 bridgehead atoms. The second-order valence-electron chi connectivity index (χ2n) is 8.56. The number of amides is 1. The van der Waals surface area contributed by atoms with Crippen LogP contribution in [0, 0.1) is 0 Å². The number of rotatable bonds is 2. The number of aromatic nitrogens is 1. The Bertz CT molecular complexity index is 1250. The van der Waals surface area contributed by atoms with Crippen molar-refractivity contribution in [2.75, 3.05) is 6.54 Å². The molecular weight excluding hydrogens is 412 g/mol. The molecule has 0 spiro atoms. The van der Waals surface area contributed by atoms with Crippen LogP contribution < -0.4 is 0 Å². The predicted molar refractivity (Wildman–Crippen MR) is 121 cm³/mol. The van der Waals surface area contributed by atoms with E-state index in [1.54, 1.807) is 41.3 Å². The fraction of sp³-hybridized carbons (Fsp3) is 0.292. The van der Waals surface area contributed by atoms with Crippen molar-refractivity contribution in [3.8, 4) is 0 Å². The van der Waals surface area contributed by atoms with Gasteiger partial charge >= 0.3 is 6.09 Å². The molecule has 0 fully saturated rings. The van der Waals surface area contributed by atoms with Gasteiger partial charge in [0.1, 0.15) is 5.60 Å². The smallest absolute Gasteiger partial charge is 0.410 e. The van der Waals surface area contributed by atoms with Crippen molar-refractivity contribution in [2.45, 2.75) is 44.2 Å². The van der Waals surface area contributed by atoms with Gasteiger partial charge in [-0.1, -0.05) is 42.5 Å². The first-order valence-corrected chi connectivity index (χ1v) is 11.7. The molecule has 1 aromatic heterocycles. The first kappa shape index (κ1) is 21.2. The maximum absolute atomic E-state index is 13.6. The summed E-state index contributed by atoms with van der Waals surface area (Å²) >= 11 is 0. The van der Waals surface area contributed by atoms with Crippen molar-refractivity contribution in [2.24, 2.45) is 0 Å². The zero-order chi connectivity index (χ0) is 22.2. The van der Waals surface area contributed by atoms with Crippen LogP contribution in [-0.4, -0.2) is 35.5 Å². The van der Waals surface area contributed by atoms with E-state index in [0.29, 0.717) is 24.2 Å². The van der Waals surface area contributed by atoms with Crippen LogP contribution in [0.15, 0.2) is 65.6 Å². The molecule has 0 N–H and O–H groups in total. The van der Waals surface area contributed by atoms with Crippen LogP contribution in [0.4, 0.5) is 4.79 Å². The minimum Gasteiger partial charge on any atom is -0.444 e. The van der Waals surface area contributed by atoms with Crippen LogP contribution in [0.5, 0.6) is 0 Å². The van der Waals surface area contributed by atoms with Crippen LogP contribution in [0.2, 0.25) is 0 Å². The third-order valence-electron chi connectivity index (χ3n) is 5.10. The molecule has 0 aliphatic carbocycles. The summed E-state index contributed by atoms with van der Waals surface area (Å²) in [6.07, 6.45) is 3.95. The Hall–Kier alpha value is -3.06. The van der Waals surface area contributed by atoms with Gasteiger partial charge in [0, 0.05) is 17.5 Å². The molecule has 0 saturated heterocycles. The van der Waals surface area contributed by atoms with E-state index in [4.69, 9.17) is 4.74 Å². The van der Waals surface area contributed by atoms with Gasteiger partial charge in [0.15, 0.2) is 0 Å². The number of para-hydroxylation sites is 1. The topological polar surface area (TPSA) is 68.6 Å². The van der Waals surface area contributed by atoms with E-state index in [1.165, 1.54) is 3.97 Å². The number of hydrogen-bond donors (Lipinski definition) is 0. The van der Waals surface area contributed by atoms with Gasteiger partial charge < -0.3 is 9.64 Å². The number of nitrogens with zero attached hydrogens (tertiary/aromatic N) is 2. The van der Waals surface area contributed by atoms with Gasteiger partial charge in [-0.05, 0) is 51.5 Å². The van der Waals surface area contributed by atoms with E-state index in [2.05, 4.69) is 0 Å². The quantitative estimate of drug-likeness (QED) is 0.563. The fourth-order valence-electron chi connectivity index (χ4n) is 3.77. The first-order chi connectivity index (χ1) is 14.7. The SMILES string of the molecule is CC(C)(C)OC(=O)N1CC/C=C\c2c(c3ccccc3n2S(=O)(=O)c2ccccc2)C1. The van der Waals surface area contributed by atoms with E-state index in [0.717, 1.165) is 10.9 Å². The Kier molecular flexibility index (Phi) is 5.39. The molecule has 1 aliphatic heterocycles. The van der Waals surface area contributed by atoms with Crippen molar-refractivity contribution < 1.29 is 17.9 Å². The number of benzene rings is 2. The van der Waals surface area contributed by atoms with Gasteiger partial charge in [-0.25, -0.2) is 17.2 Å². The summed E-state index contributed by atoms with van der Waals surface area (Å²) in [6, 6.07) is 15.8. The van der Waals surface area contributed by atoms with Gasteiger partial charge in [-0.3, -0.25) is 0 Å². The second-order valence-corrected chi connectivity index (χ2v) is 10.3. The molecule has 0 atom stereocenters. The standard InChI is InChI=1S/C24H26N2O4S/c1-24(2,3)30-23(27)25-16-10-9-15-22-20(17-25)19-13-7-8-14-21(19)26(22)31(28,29)18-11-5-4-6-12-18/h4-9,11-15H,10,16-17H2,1-3H3/b15-9-. The van der Waals surface area contributed by atoms with E-state index in [1.807, 2.05) is 51.1 Å². The van der Waals surface area contributed by atoms with Gasteiger partial charge in [-0.2, -0.15) is 0 Å². The highest BCUT2D eigenvalue weighted by Gasteiger charge is 2.29. The molecule has 4 rings (SSSR count). The molecule has 1 amide bonds. The summed E-state index contributed by atoms with van der Waals surface area (Å²) < 4.78 is 34.2. The van der Waals surface area contributed by atoms with Crippen molar-refractivity contribution >= 4 is 33.1 Å². The number of hydrogen-bond acceptors (Lipinski definition) is 4. The monoisotopic (exact) mass is 438 g/mol. The lowest BCUT2D eigenvalue weighted by Crippen LogP contribution is -2.37. The average molecular weight is 439 g/mol. The van der Waals surface area contributed by atoms with E-state index >= 15 is 0 Å². The van der Waals surface area contributed by atoms with E-state index < -0.39 is 21.7 Å². The normalized spacial score (nSPS) is 15.8. The second kappa shape index (κ2) is 7.89. The molecule has 162 valence electrons. The molecule has 1 aliphatic rings. The minimum atomic E-state index is -3.83. The molecule has 0 unspecified atom stereocenters. The van der Waals surface area contributed by atoms with Crippen molar-refractivity contribution in [3.05, 3.63) is 71.9 Å². The summed E-state index contributed by atoms with van der Waals surface area (Å²) in [7, 11) is -3.83. The van der Waals surface area contributed by atoms with E-state index in [-0.39, 0.29) is 11.4 Å². The highest BCUT2D eigenvalue weighted by Crippen LogP contribution is 2.33. The lowest BCUT2D eigenvalue weighted by Gasteiger charge is -2.28. The minimum absolute atomic E-state index is 0.220. The largest absolute Gasteiger partial charge is 0.444 e. The summed E-state index contributed by atoms with van der Waals surface area (Å²) in [5.74, 6) is 0. The number of fused-ring (bicyclic) bond motifs is 3. The number of carbonyl (C=O) groups is 1. The van der Waals surface area contributed by atoms with Crippen LogP contribution in [0.25, 0.3) is 17.0 Å². The lowest BCUT2D eigenvalue weighted by atomic mass is 10.1. The third-order valence-corrected chi connectivity index (χ3v) is 6.84. The Balaban J connectivity index is 1.89. The molecule has 0 radical (unpaired) electrons. The van der Waals surface area contributed by atoms with Gasteiger partial charge in [0.25, 0.3) is 10.0 Å². The van der Waals surface area contributed by atoms with Gasteiger partial charge in [0.05, 0.1) is 22.7 Å². The molecule has 2 aromatic carbocycles. The molecule has 2 heterocycles. The van der Waals surface area contributed by atoms with E-state index in [9.17, 15) is 13.2 Å². The number of carbonyl (C=O) groups excluding carboxylic acids is 1. The van der Waals surface area contributed by atoms with Crippen LogP contribution in [0.1, 0.15) is 38.4 Å². The molecule has 3 aromatic rings. The summed E-state index contributed by atoms with van der Waals surface area (Å²) in [4.78, 5) is 14.7. The maximum Gasteiger partial charge on any atom is 0.410 e. The molecule has 6 nitrogen and oxygen atoms in total. The lowest BCUT2D eigenvalue weighted by molar-refractivity contribution is 0.0237. The summed E-state index contributed by atoms with van der Waals surface area (Å²) in [6.45, 7) is 6.26. The number of ether oxygens (including phenoxy) is 1. The summed E-state index contributed by atoms with van der Waals surface area (Å²) in [5.41, 5.74) is 1.34. The Morgan fingerprint density at radius 3 is 2.39 bits per heavy atom. The zero-order valence-corrected chi connectivity index (χ0v) is 18.7. The van der Waals surface area contributed by atoms with Crippen molar-refractivity contribution in [3.63, 3.8) is 0 Å². The summed E-state index contributed by atoms with van der Waals surface area (Å²) in [5, 5.41) is 0.803. The molecule has 7 heteroatoms. The van der Waals surface area contributed by atoms with Crippen LogP contribution in [0.3, 0.4) is 0 Å². The Morgan fingerprint density at radius 2 is 1.68 bits per heavy atom. The fourth-order valence-corrected chi connectivity index (χ4v) is 5.33. The van der Waals surface area contributed by atoms with Crippen LogP contribution >= 0.6 is 0 Å². The van der Waals surface area contributed by atoms with Crippen LogP contribution in [-0.2, 0) is 21.3 Å². The predicted octanol–water partition coefficient (Wildman–Crippen LogP) is 5.03. The Morgan fingerprint density at radius 1 is 1.00 bits per heavy atom. The highest BCUT2D eigenvalue weighted by atomic mass is 32.2. The molecule has 31 heavy (non-hydrogen) atoms. The van der Waals surface area contributed by atoms with Gasteiger partial charge in [-0.15, -0.1) is 0 Å². The third kappa shape index (κ3) is 4.10. The molecule has 0 saturated carbocycles. The maximum atomic E-state index is 13.6. The first-order valence-electron chi connectivity index (χ1n) is 10.3. The zero-order valence-electron chi connectivity index (χ0n) is 17.9.